The van der Waals surface area contributed by atoms with Gasteiger partial charge in [-0.3, -0.25) is 9.59 Å². The van der Waals surface area contributed by atoms with E-state index in [4.69, 9.17) is 5.11 Å². The Balaban J connectivity index is 4.71. The molecule has 1 unspecified atom stereocenters. The quantitative estimate of drug-likeness (QED) is 0.437. The molecule has 0 amide bonds. The number of aliphatic carboxylic acids is 2. The summed E-state index contributed by atoms with van der Waals surface area (Å²) in [7, 11) is 0. The average molecular weight is 314 g/mol. The van der Waals surface area contributed by atoms with E-state index in [2.05, 4.69) is 20.8 Å². The largest absolute Gasteiger partial charge is 0.481 e. The van der Waals surface area contributed by atoms with Gasteiger partial charge in [0.2, 0.25) is 0 Å². The van der Waals surface area contributed by atoms with Crippen LogP contribution in [0.3, 0.4) is 0 Å². The minimum Gasteiger partial charge on any atom is -0.481 e. The molecule has 2 N–H and O–H groups in total. The fraction of sp³-hybridized carbons (Fsp3) is 0.889. The molecule has 1 atom stereocenters. The Morgan fingerprint density at radius 1 is 0.909 bits per heavy atom. The summed E-state index contributed by atoms with van der Waals surface area (Å²) in [6.45, 7) is 6.33. The summed E-state index contributed by atoms with van der Waals surface area (Å²) in [6, 6.07) is 0. The zero-order valence-electron chi connectivity index (χ0n) is 14.6. The second-order valence-corrected chi connectivity index (χ2v) is 6.41. The van der Waals surface area contributed by atoms with Crippen LogP contribution < -0.4 is 0 Å². The number of carbonyl (C=O) groups is 2. The minimum atomic E-state index is -0.845. The zero-order chi connectivity index (χ0) is 17.0. The first-order valence-electron chi connectivity index (χ1n) is 8.88. The SMILES string of the molecule is CCCCCCCC(CC)(CC)C(CCCC(=O)O)C(=O)O. The summed E-state index contributed by atoms with van der Waals surface area (Å²) in [5, 5.41) is 18.4. The van der Waals surface area contributed by atoms with Crippen molar-refractivity contribution in [3.63, 3.8) is 0 Å². The second kappa shape index (κ2) is 11.5. The summed E-state index contributed by atoms with van der Waals surface area (Å²) in [6.07, 6.45) is 9.52. The first kappa shape index (κ1) is 20.9. The van der Waals surface area contributed by atoms with Gasteiger partial charge >= 0.3 is 11.9 Å². The van der Waals surface area contributed by atoms with Crippen LogP contribution >= 0.6 is 0 Å². The van der Waals surface area contributed by atoms with Gasteiger partial charge < -0.3 is 10.2 Å². The predicted molar refractivity (Wildman–Crippen MR) is 89.0 cm³/mol. The van der Waals surface area contributed by atoms with Gasteiger partial charge in [-0.25, -0.2) is 0 Å². The van der Waals surface area contributed by atoms with Gasteiger partial charge in [0.15, 0.2) is 0 Å². The topological polar surface area (TPSA) is 74.6 Å². The lowest BCUT2D eigenvalue weighted by molar-refractivity contribution is -0.148. The van der Waals surface area contributed by atoms with Crippen molar-refractivity contribution in [1.29, 1.82) is 0 Å². The predicted octanol–water partition coefficient (Wildman–Crippen LogP) is 5.11. The van der Waals surface area contributed by atoms with E-state index in [1.165, 1.54) is 19.3 Å². The zero-order valence-corrected chi connectivity index (χ0v) is 14.6. The van der Waals surface area contributed by atoms with E-state index in [1.807, 2.05) is 0 Å². The highest BCUT2D eigenvalue weighted by atomic mass is 16.4. The van der Waals surface area contributed by atoms with Crippen molar-refractivity contribution in [3.8, 4) is 0 Å². The van der Waals surface area contributed by atoms with Gasteiger partial charge in [0.25, 0.3) is 0 Å². The Morgan fingerprint density at radius 2 is 1.50 bits per heavy atom. The molecule has 0 aromatic rings. The third kappa shape index (κ3) is 7.28. The van der Waals surface area contributed by atoms with Gasteiger partial charge in [-0.2, -0.15) is 0 Å². The molecule has 0 heterocycles. The summed E-state index contributed by atoms with van der Waals surface area (Å²) < 4.78 is 0. The molecule has 0 fully saturated rings. The van der Waals surface area contributed by atoms with Gasteiger partial charge in [-0.15, -0.1) is 0 Å². The molecule has 0 radical (unpaired) electrons. The maximum absolute atomic E-state index is 11.7. The van der Waals surface area contributed by atoms with Crippen LogP contribution in [0.5, 0.6) is 0 Å². The summed E-state index contributed by atoms with van der Waals surface area (Å²) in [5.74, 6) is -2.03. The number of hydrogen-bond acceptors (Lipinski definition) is 2. The van der Waals surface area contributed by atoms with Gasteiger partial charge in [0, 0.05) is 6.42 Å². The molecule has 0 saturated carbocycles. The van der Waals surface area contributed by atoms with E-state index >= 15 is 0 Å². The monoisotopic (exact) mass is 314 g/mol. The third-order valence-corrected chi connectivity index (χ3v) is 5.11. The molecule has 0 rings (SSSR count). The van der Waals surface area contributed by atoms with Crippen LogP contribution in [0.15, 0.2) is 0 Å². The third-order valence-electron chi connectivity index (χ3n) is 5.11. The highest BCUT2D eigenvalue weighted by Crippen LogP contribution is 2.43. The molecule has 130 valence electrons. The minimum absolute atomic E-state index is 0.0593. The summed E-state index contributed by atoms with van der Waals surface area (Å²) in [4.78, 5) is 22.4. The molecule has 0 bridgehead atoms. The van der Waals surface area contributed by atoms with Crippen molar-refractivity contribution in [2.24, 2.45) is 11.3 Å². The smallest absolute Gasteiger partial charge is 0.307 e. The van der Waals surface area contributed by atoms with Crippen LogP contribution in [0.4, 0.5) is 0 Å². The van der Waals surface area contributed by atoms with Gasteiger partial charge in [-0.05, 0) is 37.5 Å². The molecule has 0 aliphatic carbocycles. The van der Waals surface area contributed by atoms with Crippen LogP contribution in [-0.2, 0) is 9.59 Å². The molecule has 22 heavy (non-hydrogen) atoms. The highest BCUT2D eigenvalue weighted by Gasteiger charge is 2.39. The second-order valence-electron chi connectivity index (χ2n) is 6.41. The number of rotatable bonds is 14. The van der Waals surface area contributed by atoms with Gasteiger partial charge in [-0.1, -0.05) is 52.9 Å². The molecule has 0 aromatic carbocycles. The van der Waals surface area contributed by atoms with Crippen LogP contribution in [0.25, 0.3) is 0 Å². The van der Waals surface area contributed by atoms with Crippen molar-refractivity contribution >= 4 is 11.9 Å². The average Bonchev–Trinajstić information content (AvgIpc) is 2.48. The Hall–Kier alpha value is -1.06. The molecular weight excluding hydrogens is 280 g/mol. The van der Waals surface area contributed by atoms with Crippen LogP contribution in [0.1, 0.15) is 91.4 Å². The van der Waals surface area contributed by atoms with Crippen molar-refractivity contribution in [1.82, 2.24) is 0 Å². The molecule has 4 heteroatoms. The number of carboxylic acids is 2. The van der Waals surface area contributed by atoms with Crippen molar-refractivity contribution in [3.05, 3.63) is 0 Å². The lowest BCUT2D eigenvalue weighted by Crippen LogP contribution is -2.35. The molecule has 0 spiro atoms. The van der Waals surface area contributed by atoms with E-state index in [0.29, 0.717) is 12.8 Å². The van der Waals surface area contributed by atoms with Gasteiger partial charge in [0.1, 0.15) is 0 Å². The van der Waals surface area contributed by atoms with Crippen molar-refractivity contribution < 1.29 is 19.8 Å². The van der Waals surface area contributed by atoms with E-state index in [0.717, 1.165) is 32.1 Å². The highest BCUT2D eigenvalue weighted by molar-refractivity contribution is 5.71. The maximum atomic E-state index is 11.7. The fourth-order valence-electron chi connectivity index (χ4n) is 3.50. The molecule has 0 aliphatic heterocycles. The van der Waals surface area contributed by atoms with Crippen molar-refractivity contribution in [2.45, 2.75) is 91.4 Å². The van der Waals surface area contributed by atoms with Crippen molar-refractivity contribution in [2.75, 3.05) is 0 Å². The van der Waals surface area contributed by atoms with Crippen LogP contribution in [0.2, 0.25) is 0 Å². The standard InChI is InChI=1S/C18H34O4/c1-4-7-8-9-10-14-18(5-2,6-3)15(17(21)22)12-11-13-16(19)20/h15H,4-14H2,1-3H3,(H,19,20)(H,21,22). The van der Waals surface area contributed by atoms with E-state index in [-0.39, 0.29) is 11.8 Å². The molecule has 4 nitrogen and oxygen atoms in total. The number of hydrogen-bond donors (Lipinski definition) is 2. The van der Waals surface area contributed by atoms with Crippen LogP contribution in [0, 0.1) is 11.3 Å². The molecule has 0 saturated heterocycles. The Bertz CT molecular complexity index is 321. The van der Waals surface area contributed by atoms with E-state index in [1.54, 1.807) is 0 Å². The fourth-order valence-corrected chi connectivity index (χ4v) is 3.50. The molecule has 0 aromatic heterocycles. The maximum Gasteiger partial charge on any atom is 0.307 e. The lowest BCUT2D eigenvalue weighted by Gasteiger charge is -2.38. The van der Waals surface area contributed by atoms with Crippen LogP contribution in [-0.4, -0.2) is 22.2 Å². The number of unbranched alkanes of at least 4 members (excludes halogenated alkanes) is 4. The Kier molecular flexibility index (Phi) is 10.9. The number of carboxylic acid groups (broad SMARTS) is 2. The lowest BCUT2D eigenvalue weighted by atomic mass is 9.66. The Labute approximate surface area is 135 Å². The summed E-state index contributed by atoms with van der Waals surface area (Å²) in [5.41, 5.74) is -0.184. The van der Waals surface area contributed by atoms with E-state index < -0.39 is 17.9 Å². The van der Waals surface area contributed by atoms with Gasteiger partial charge in [0.05, 0.1) is 5.92 Å². The molecular formula is C18H34O4. The summed E-state index contributed by atoms with van der Waals surface area (Å²) >= 11 is 0. The molecule has 0 aliphatic rings. The van der Waals surface area contributed by atoms with E-state index in [9.17, 15) is 14.7 Å². The first-order chi connectivity index (χ1) is 10.4. The normalized spacial score (nSPS) is 13.0. The first-order valence-corrected chi connectivity index (χ1v) is 8.88. The Morgan fingerprint density at radius 3 is 1.95 bits per heavy atom.